The van der Waals surface area contributed by atoms with Gasteiger partial charge in [0.1, 0.15) is 11.4 Å². The van der Waals surface area contributed by atoms with Gasteiger partial charge < -0.3 is 14.6 Å². The van der Waals surface area contributed by atoms with Crippen LogP contribution in [-0.4, -0.2) is 28.5 Å². The number of hydrogen-bond acceptors (Lipinski definition) is 3. The largest absolute Gasteiger partial charge is 0.543 e. The van der Waals surface area contributed by atoms with Gasteiger partial charge in [-0.2, -0.15) is 0 Å². The van der Waals surface area contributed by atoms with Crippen molar-refractivity contribution in [2.24, 2.45) is 0 Å². The third-order valence-corrected chi connectivity index (χ3v) is 3.39. The summed E-state index contributed by atoms with van der Waals surface area (Å²) < 4.78 is 6.13. The zero-order valence-electron chi connectivity index (χ0n) is 10.5. The van der Waals surface area contributed by atoms with E-state index in [-0.39, 0.29) is 0 Å². The van der Waals surface area contributed by atoms with E-state index in [1.807, 2.05) is 0 Å². The Morgan fingerprint density at radius 3 is 2.75 bits per heavy atom. The second-order valence-electron chi connectivity index (χ2n) is 5.22. The van der Waals surface area contributed by atoms with Crippen LogP contribution in [0.2, 0.25) is 19.6 Å². The quantitative estimate of drug-likeness (QED) is 0.799. The summed E-state index contributed by atoms with van der Waals surface area (Å²) in [5, 5.41) is 3.41. The molecule has 0 amide bonds. The van der Waals surface area contributed by atoms with Crippen LogP contribution < -0.4 is 14.6 Å². The van der Waals surface area contributed by atoms with Crippen molar-refractivity contribution in [3.63, 3.8) is 0 Å². The maximum Gasteiger partial charge on any atom is 0.242 e. The second-order valence-corrected chi connectivity index (χ2v) is 9.64. The van der Waals surface area contributed by atoms with Gasteiger partial charge in [0.15, 0.2) is 0 Å². The van der Waals surface area contributed by atoms with Crippen molar-refractivity contribution in [2.45, 2.75) is 19.6 Å². The number of nitrogens with one attached hydrogen (secondary N) is 1. The zero-order valence-corrected chi connectivity index (χ0v) is 11.5. The molecule has 0 bridgehead atoms. The molecule has 2 rings (SSSR count). The second kappa shape index (κ2) is 4.01. The van der Waals surface area contributed by atoms with E-state index >= 15 is 0 Å². The number of para-hydroxylation sites is 1. The minimum absolute atomic E-state index is 1.000. The van der Waals surface area contributed by atoms with Gasteiger partial charge in [0.2, 0.25) is 8.32 Å². The fraction of sp³-hybridized carbons (Fsp3) is 0.500. The van der Waals surface area contributed by atoms with E-state index in [1.54, 1.807) is 0 Å². The molecule has 0 saturated carbocycles. The molecule has 88 valence electrons. The normalized spacial score (nSPS) is 15.4. The maximum absolute atomic E-state index is 6.13. The lowest BCUT2D eigenvalue weighted by Gasteiger charge is -2.32. The van der Waals surface area contributed by atoms with Gasteiger partial charge in [0.25, 0.3) is 0 Å². The van der Waals surface area contributed by atoms with Gasteiger partial charge in [-0.15, -0.1) is 0 Å². The number of benzene rings is 1. The molecule has 0 atom stereocenters. The van der Waals surface area contributed by atoms with E-state index in [0.29, 0.717) is 0 Å². The van der Waals surface area contributed by atoms with Gasteiger partial charge in [-0.1, -0.05) is 6.07 Å². The monoisotopic (exact) mass is 236 g/mol. The van der Waals surface area contributed by atoms with Crippen LogP contribution in [0.3, 0.4) is 0 Å². The number of nitrogens with zero attached hydrogens (tertiary/aromatic N) is 1. The van der Waals surface area contributed by atoms with Crippen molar-refractivity contribution < 1.29 is 4.43 Å². The van der Waals surface area contributed by atoms with E-state index in [1.165, 1.54) is 11.4 Å². The minimum Gasteiger partial charge on any atom is -0.543 e. The minimum atomic E-state index is -1.54. The SMILES string of the molecule is CN1CCNc2cccc(O[Si](C)(C)C)c21. The molecule has 4 heteroatoms. The molecule has 1 aliphatic heterocycles. The van der Waals surface area contributed by atoms with Crippen LogP contribution in [0.4, 0.5) is 11.4 Å². The zero-order chi connectivity index (χ0) is 11.8. The van der Waals surface area contributed by atoms with Crippen LogP contribution >= 0.6 is 0 Å². The molecule has 1 aromatic rings. The summed E-state index contributed by atoms with van der Waals surface area (Å²) in [4.78, 5) is 2.27. The molecule has 16 heavy (non-hydrogen) atoms. The van der Waals surface area contributed by atoms with Crippen LogP contribution in [0.25, 0.3) is 0 Å². The Kier molecular flexibility index (Phi) is 2.84. The molecule has 0 radical (unpaired) electrons. The van der Waals surface area contributed by atoms with Gasteiger partial charge >= 0.3 is 0 Å². The third kappa shape index (κ3) is 2.32. The molecule has 0 unspecified atom stereocenters. The van der Waals surface area contributed by atoms with Gasteiger partial charge in [-0.25, -0.2) is 0 Å². The Morgan fingerprint density at radius 2 is 2.06 bits per heavy atom. The lowest BCUT2D eigenvalue weighted by Crippen LogP contribution is -2.34. The molecule has 3 nitrogen and oxygen atoms in total. The molecular formula is C12H20N2OSi. The Hall–Kier alpha value is -1.16. The number of rotatable bonds is 2. The van der Waals surface area contributed by atoms with E-state index in [0.717, 1.165) is 18.8 Å². The lowest BCUT2D eigenvalue weighted by molar-refractivity contribution is 0.555. The molecule has 0 aromatic heterocycles. The predicted octanol–water partition coefficient (Wildman–Crippen LogP) is 2.76. The molecule has 0 saturated heterocycles. The van der Waals surface area contributed by atoms with Crippen LogP contribution in [0.1, 0.15) is 0 Å². The van der Waals surface area contributed by atoms with Crippen LogP contribution in [0.15, 0.2) is 18.2 Å². The van der Waals surface area contributed by atoms with Crippen molar-refractivity contribution in [1.29, 1.82) is 0 Å². The number of hydrogen-bond donors (Lipinski definition) is 1. The van der Waals surface area contributed by atoms with Crippen molar-refractivity contribution in [2.75, 3.05) is 30.4 Å². The molecule has 0 aliphatic carbocycles. The molecular weight excluding hydrogens is 216 g/mol. The molecule has 1 aliphatic rings. The summed E-state index contributed by atoms with van der Waals surface area (Å²) in [7, 11) is 0.580. The van der Waals surface area contributed by atoms with Crippen molar-refractivity contribution in [3.05, 3.63) is 18.2 Å². The first-order valence-corrected chi connectivity index (χ1v) is 9.15. The maximum atomic E-state index is 6.13. The first kappa shape index (κ1) is 11.3. The van der Waals surface area contributed by atoms with Crippen molar-refractivity contribution in [1.82, 2.24) is 0 Å². The van der Waals surface area contributed by atoms with Crippen LogP contribution in [-0.2, 0) is 0 Å². The van der Waals surface area contributed by atoms with Gasteiger partial charge in [0.05, 0.1) is 5.69 Å². The van der Waals surface area contributed by atoms with E-state index in [2.05, 4.69) is 55.1 Å². The van der Waals surface area contributed by atoms with E-state index in [4.69, 9.17) is 4.43 Å². The molecule has 1 aromatic carbocycles. The molecule has 1 heterocycles. The summed E-state index contributed by atoms with van der Waals surface area (Å²) >= 11 is 0. The smallest absolute Gasteiger partial charge is 0.242 e. The Bertz CT molecular complexity index is 387. The molecule has 1 N–H and O–H groups in total. The van der Waals surface area contributed by atoms with Crippen LogP contribution in [0.5, 0.6) is 5.75 Å². The molecule has 0 spiro atoms. The van der Waals surface area contributed by atoms with Crippen molar-refractivity contribution >= 4 is 19.7 Å². The predicted molar refractivity (Wildman–Crippen MR) is 72.2 cm³/mol. The van der Waals surface area contributed by atoms with Crippen molar-refractivity contribution in [3.8, 4) is 5.75 Å². The fourth-order valence-electron chi connectivity index (χ4n) is 1.94. The van der Waals surface area contributed by atoms with Gasteiger partial charge in [0, 0.05) is 20.1 Å². The average molecular weight is 236 g/mol. The number of fused-ring (bicyclic) bond motifs is 1. The highest BCUT2D eigenvalue weighted by atomic mass is 28.4. The Morgan fingerprint density at radius 1 is 1.31 bits per heavy atom. The van der Waals surface area contributed by atoms with Gasteiger partial charge in [-0.05, 0) is 31.8 Å². The highest BCUT2D eigenvalue weighted by Crippen LogP contribution is 2.38. The Balaban J connectivity index is 2.38. The Labute approximate surface area is 98.5 Å². The fourth-order valence-corrected chi connectivity index (χ4v) is 2.77. The highest BCUT2D eigenvalue weighted by Gasteiger charge is 2.22. The standard InChI is InChI=1S/C12H20N2OSi/c1-14-9-8-13-10-6-5-7-11(12(10)14)15-16(2,3)4/h5-7,13H,8-9H2,1-4H3. The van der Waals surface area contributed by atoms with Crippen LogP contribution in [0, 0.1) is 0 Å². The topological polar surface area (TPSA) is 24.5 Å². The number of anilines is 2. The van der Waals surface area contributed by atoms with E-state index in [9.17, 15) is 0 Å². The summed E-state index contributed by atoms with van der Waals surface area (Å²) in [5.74, 6) is 1.02. The lowest BCUT2D eigenvalue weighted by atomic mass is 10.2. The highest BCUT2D eigenvalue weighted by molar-refractivity contribution is 6.70. The summed E-state index contributed by atoms with van der Waals surface area (Å²) in [6.45, 7) is 8.66. The summed E-state index contributed by atoms with van der Waals surface area (Å²) in [5.41, 5.74) is 2.39. The first-order chi connectivity index (χ1) is 7.47. The van der Waals surface area contributed by atoms with Gasteiger partial charge in [-0.3, -0.25) is 0 Å². The number of likely N-dealkylation sites (N-methyl/N-ethyl adjacent to an activating group) is 1. The first-order valence-electron chi connectivity index (χ1n) is 5.74. The summed E-state index contributed by atoms with van der Waals surface area (Å²) in [6.07, 6.45) is 0. The summed E-state index contributed by atoms with van der Waals surface area (Å²) in [6, 6.07) is 6.24. The average Bonchev–Trinajstić information content (AvgIpc) is 2.15. The van der Waals surface area contributed by atoms with E-state index < -0.39 is 8.32 Å². The molecule has 0 fully saturated rings. The third-order valence-electron chi connectivity index (χ3n) is 2.56.